The molecule has 138 valence electrons. The number of benzene rings is 2. The van der Waals surface area contributed by atoms with Crippen molar-refractivity contribution in [2.45, 2.75) is 12.6 Å². The number of hydrogen-bond acceptors (Lipinski definition) is 3. The number of carbonyl (C=O) groups is 1. The van der Waals surface area contributed by atoms with Crippen molar-refractivity contribution in [3.63, 3.8) is 0 Å². The normalized spacial score (nSPS) is 17.7. The Morgan fingerprint density at radius 2 is 2.08 bits per heavy atom. The van der Waals surface area contributed by atoms with Gasteiger partial charge in [-0.3, -0.25) is 4.90 Å². The Bertz CT molecular complexity index is 745. The molecule has 1 atom stereocenters. The van der Waals surface area contributed by atoms with E-state index in [2.05, 4.69) is 43.6 Å². The fraction of sp³-hybridized carbons (Fsp3) is 0.316. The van der Waals surface area contributed by atoms with E-state index in [0.29, 0.717) is 23.9 Å². The van der Waals surface area contributed by atoms with E-state index in [1.54, 1.807) is 12.1 Å². The van der Waals surface area contributed by atoms with E-state index in [0.717, 1.165) is 24.1 Å². The average Bonchev–Trinajstić information content (AvgIpc) is 2.64. The third kappa shape index (κ3) is 5.71. The van der Waals surface area contributed by atoms with E-state index >= 15 is 0 Å². The summed E-state index contributed by atoms with van der Waals surface area (Å²) in [4.78, 5) is 14.4. The van der Waals surface area contributed by atoms with Crippen LogP contribution in [-0.2, 0) is 11.3 Å². The summed E-state index contributed by atoms with van der Waals surface area (Å²) in [7, 11) is 0. The van der Waals surface area contributed by atoms with Crippen LogP contribution in [0.1, 0.15) is 5.56 Å². The van der Waals surface area contributed by atoms with Gasteiger partial charge >= 0.3 is 6.03 Å². The minimum absolute atomic E-state index is 0.0291. The van der Waals surface area contributed by atoms with Gasteiger partial charge < -0.3 is 15.4 Å². The molecule has 0 saturated carbocycles. The molecule has 1 heterocycles. The molecule has 26 heavy (non-hydrogen) atoms. The van der Waals surface area contributed by atoms with Gasteiger partial charge in [0.1, 0.15) is 0 Å². The van der Waals surface area contributed by atoms with E-state index < -0.39 is 0 Å². The smallest absolute Gasteiger partial charge is 0.319 e. The summed E-state index contributed by atoms with van der Waals surface area (Å²) in [6, 6.07) is 15.4. The lowest BCUT2D eigenvalue weighted by atomic mass is 10.2. The molecule has 1 fully saturated rings. The van der Waals surface area contributed by atoms with Gasteiger partial charge in [-0.05, 0) is 23.8 Å². The number of ether oxygens (including phenoxy) is 1. The fourth-order valence-electron chi connectivity index (χ4n) is 2.85. The molecule has 0 radical (unpaired) electrons. The van der Waals surface area contributed by atoms with Gasteiger partial charge in [-0.15, -0.1) is 0 Å². The Labute approximate surface area is 166 Å². The third-order valence-electron chi connectivity index (χ3n) is 4.14. The number of anilines is 1. The molecule has 0 spiro atoms. The van der Waals surface area contributed by atoms with Crippen molar-refractivity contribution in [3.8, 4) is 0 Å². The summed E-state index contributed by atoms with van der Waals surface area (Å²) in [6.07, 6.45) is -0.0291. The second-order valence-corrected chi connectivity index (χ2v) is 7.50. The van der Waals surface area contributed by atoms with Gasteiger partial charge in [-0.25, -0.2) is 4.79 Å². The topological polar surface area (TPSA) is 53.6 Å². The summed E-state index contributed by atoms with van der Waals surface area (Å²) in [5.74, 6) is 0. The van der Waals surface area contributed by atoms with Crippen LogP contribution >= 0.6 is 27.5 Å². The summed E-state index contributed by atoms with van der Waals surface area (Å²) in [5, 5.41) is 6.09. The zero-order valence-corrected chi connectivity index (χ0v) is 16.6. The predicted octanol–water partition coefficient (Wildman–Crippen LogP) is 4.13. The number of rotatable bonds is 5. The molecule has 1 unspecified atom stereocenters. The minimum Gasteiger partial charge on any atom is -0.374 e. The molecule has 3 rings (SSSR count). The van der Waals surface area contributed by atoms with Gasteiger partial charge in [0.2, 0.25) is 0 Å². The lowest BCUT2D eigenvalue weighted by Crippen LogP contribution is -2.47. The molecule has 2 aromatic carbocycles. The van der Waals surface area contributed by atoms with Gasteiger partial charge in [0.05, 0.1) is 23.4 Å². The van der Waals surface area contributed by atoms with Crippen LogP contribution in [0.3, 0.4) is 0 Å². The number of urea groups is 1. The first kappa shape index (κ1) is 19.2. The number of carbonyl (C=O) groups excluding carboxylic acids is 1. The fourth-order valence-corrected chi connectivity index (χ4v) is 3.57. The minimum atomic E-state index is -0.294. The number of nitrogens with one attached hydrogen (secondary N) is 2. The zero-order valence-electron chi connectivity index (χ0n) is 14.3. The SMILES string of the molecule is O=C(NCC1CN(Cc2ccccc2)CCO1)Nc1ccc(Br)cc1Cl. The van der Waals surface area contributed by atoms with Crippen LogP contribution in [0.2, 0.25) is 5.02 Å². The Hall–Kier alpha value is -1.60. The van der Waals surface area contributed by atoms with Crippen molar-refractivity contribution in [2.24, 2.45) is 0 Å². The lowest BCUT2D eigenvalue weighted by molar-refractivity contribution is -0.0285. The summed E-state index contributed by atoms with van der Waals surface area (Å²) in [6.45, 7) is 3.69. The highest BCUT2D eigenvalue weighted by molar-refractivity contribution is 9.10. The highest BCUT2D eigenvalue weighted by Gasteiger charge is 2.21. The molecule has 7 heteroatoms. The predicted molar refractivity (Wildman–Crippen MR) is 108 cm³/mol. The highest BCUT2D eigenvalue weighted by Crippen LogP contribution is 2.25. The monoisotopic (exact) mass is 437 g/mol. The van der Waals surface area contributed by atoms with Crippen molar-refractivity contribution < 1.29 is 9.53 Å². The molecular formula is C19H21BrClN3O2. The maximum Gasteiger partial charge on any atom is 0.319 e. The van der Waals surface area contributed by atoms with E-state index in [1.165, 1.54) is 5.56 Å². The number of halogens is 2. The molecule has 2 aromatic rings. The summed E-state index contributed by atoms with van der Waals surface area (Å²) >= 11 is 9.46. The molecule has 2 amide bonds. The molecule has 1 aliphatic heterocycles. The quantitative estimate of drug-likeness (QED) is 0.738. The average molecular weight is 439 g/mol. The van der Waals surface area contributed by atoms with Crippen LogP contribution in [0.4, 0.5) is 10.5 Å². The Kier molecular flexibility index (Phi) is 6.91. The number of hydrogen-bond donors (Lipinski definition) is 2. The molecule has 0 aromatic heterocycles. The Morgan fingerprint density at radius 1 is 1.27 bits per heavy atom. The largest absolute Gasteiger partial charge is 0.374 e. The zero-order chi connectivity index (χ0) is 18.4. The van der Waals surface area contributed by atoms with E-state index in [9.17, 15) is 4.79 Å². The molecule has 0 aliphatic carbocycles. The van der Waals surface area contributed by atoms with Crippen molar-refractivity contribution in [2.75, 3.05) is 31.6 Å². The van der Waals surface area contributed by atoms with E-state index in [4.69, 9.17) is 16.3 Å². The van der Waals surface area contributed by atoms with Crippen LogP contribution in [0.15, 0.2) is 53.0 Å². The standard InChI is InChI=1S/C19H21BrClN3O2/c20-15-6-7-18(17(21)10-15)23-19(25)22-11-16-13-24(8-9-26-16)12-14-4-2-1-3-5-14/h1-7,10,16H,8-9,11-13H2,(H2,22,23,25). The molecule has 0 bridgehead atoms. The first-order chi connectivity index (χ1) is 12.6. The Balaban J connectivity index is 1.45. The Morgan fingerprint density at radius 3 is 2.85 bits per heavy atom. The number of morpholine rings is 1. The lowest BCUT2D eigenvalue weighted by Gasteiger charge is -2.33. The second-order valence-electron chi connectivity index (χ2n) is 6.17. The molecular weight excluding hydrogens is 418 g/mol. The first-order valence-corrected chi connectivity index (χ1v) is 9.65. The van der Waals surface area contributed by atoms with Gasteiger partial charge in [0.15, 0.2) is 0 Å². The van der Waals surface area contributed by atoms with Gasteiger partial charge in [-0.2, -0.15) is 0 Å². The molecule has 5 nitrogen and oxygen atoms in total. The van der Waals surface area contributed by atoms with E-state index in [1.807, 2.05) is 24.3 Å². The van der Waals surface area contributed by atoms with Crippen LogP contribution < -0.4 is 10.6 Å². The van der Waals surface area contributed by atoms with Crippen molar-refractivity contribution in [1.82, 2.24) is 10.2 Å². The van der Waals surface area contributed by atoms with E-state index in [-0.39, 0.29) is 12.1 Å². The van der Waals surface area contributed by atoms with Crippen molar-refractivity contribution in [1.29, 1.82) is 0 Å². The maximum absolute atomic E-state index is 12.1. The van der Waals surface area contributed by atoms with Crippen LogP contribution in [-0.4, -0.2) is 43.3 Å². The third-order valence-corrected chi connectivity index (χ3v) is 4.95. The highest BCUT2D eigenvalue weighted by atomic mass is 79.9. The molecule has 1 aliphatic rings. The molecule has 2 N–H and O–H groups in total. The second kappa shape index (κ2) is 9.37. The van der Waals surface area contributed by atoms with Crippen molar-refractivity contribution in [3.05, 3.63) is 63.6 Å². The number of nitrogens with zero attached hydrogens (tertiary/aromatic N) is 1. The summed E-state index contributed by atoms with van der Waals surface area (Å²) in [5.41, 5.74) is 1.85. The van der Waals surface area contributed by atoms with Gasteiger partial charge in [0, 0.05) is 30.7 Å². The first-order valence-electron chi connectivity index (χ1n) is 8.48. The van der Waals surface area contributed by atoms with Crippen molar-refractivity contribution >= 4 is 39.2 Å². The van der Waals surface area contributed by atoms with Crippen LogP contribution in [0, 0.1) is 0 Å². The maximum atomic E-state index is 12.1. The molecule has 1 saturated heterocycles. The van der Waals surface area contributed by atoms with Gasteiger partial charge in [0.25, 0.3) is 0 Å². The summed E-state index contributed by atoms with van der Waals surface area (Å²) < 4.78 is 6.63. The van der Waals surface area contributed by atoms with Gasteiger partial charge in [-0.1, -0.05) is 57.9 Å². The number of amides is 2. The van der Waals surface area contributed by atoms with Crippen LogP contribution in [0.5, 0.6) is 0 Å². The van der Waals surface area contributed by atoms with Crippen LogP contribution in [0.25, 0.3) is 0 Å².